The van der Waals surface area contributed by atoms with Gasteiger partial charge in [0.15, 0.2) is 6.29 Å². The lowest BCUT2D eigenvalue weighted by molar-refractivity contribution is -0.389. The van der Waals surface area contributed by atoms with Crippen LogP contribution in [0.4, 0.5) is 23.4 Å². The number of hydrogen-bond donors (Lipinski definition) is 1. The van der Waals surface area contributed by atoms with Gasteiger partial charge in [-0.25, -0.2) is 4.39 Å². The smallest absolute Gasteiger partial charge is 0.366 e. The number of imidazole rings is 1. The molecule has 1 N–H and O–H groups in total. The van der Waals surface area contributed by atoms with E-state index in [-0.39, 0.29) is 18.2 Å². The summed E-state index contributed by atoms with van der Waals surface area (Å²) in [4.78, 5) is 13.4. The van der Waals surface area contributed by atoms with E-state index in [1.165, 1.54) is 0 Å². The molecule has 2 aromatic rings. The number of aliphatic hydroxyl groups excluding tert-OH is 1. The minimum absolute atomic E-state index is 0.0245. The van der Waals surface area contributed by atoms with Crippen molar-refractivity contribution in [2.24, 2.45) is 0 Å². The summed E-state index contributed by atoms with van der Waals surface area (Å²) in [5.74, 6) is -1.81. The zero-order chi connectivity index (χ0) is 18.8. The molecule has 0 fully saturated rings. The predicted octanol–water partition coefficient (Wildman–Crippen LogP) is 2.89. The van der Waals surface area contributed by atoms with Gasteiger partial charge in [-0.1, -0.05) is 6.07 Å². The monoisotopic (exact) mass is 363 g/mol. The van der Waals surface area contributed by atoms with Crippen LogP contribution in [0.2, 0.25) is 0 Å². The van der Waals surface area contributed by atoms with Crippen LogP contribution in [0.15, 0.2) is 30.7 Å². The van der Waals surface area contributed by atoms with Crippen molar-refractivity contribution in [1.29, 1.82) is 0 Å². The summed E-state index contributed by atoms with van der Waals surface area (Å²) in [6, 6.07) is 0.419. The average molecular weight is 363 g/mol. The molecule has 1 aromatic carbocycles. The molecule has 25 heavy (non-hydrogen) atoms. The lowest BCUT2D eigenvalue weighted by atomic mass is 10.0. The molecule has 0 aliphatic carbocycles. The molecule has 1 heterocycles. The lowest BCUT2D eigenvalue weighted by Crippen LogP contribution is -2.28. The number of hydrogen-bond acceptors (Lipinski definition) is 5. The maximum atomic E-state index is 14.2. The number of ether oxygens (including phenoxy) is 1. The van der Waals surface area contributed by atoms with Gasteiger partial charge in [-0.05, 0) is 29.0 Å². The van der Waals surface area contributed by atoms with Gasteiger partial charge in [0.1, 0.15) is 18.1 Å². The minimum atomic E-state index is -4.73. The first-order valence-corrected chi connectivity index (χ1v) is 6.99. The molecule has 11 heteroatoms. The third kappa shape index (κ3) is 4.12. The number of benzene rings is 1. The van der Waals surface area contributed by atoms with Gasteiger partial charge in [0.25, 0.3) is 0 Å². The number of aromatic nitrogens is 2. The summed E-state index contributed by atoms with van der Waals surface area (Å²) in [6.45, 7) is 1.57. The molecular weight excluding hydrogens is 350 g/mol. The first-order chi connectivity index (χ1) is 11.6. The fourth-order valence-electron chi connectivity index (χ4n) is 2.24. The average Bonchev–Trinajstić information content (AvgIpc) is 2.98. The molecule has 0 radical (unpaired) electrons. The van der Waals surface area contributed by atoms with Crippen molar-refractivity contribution in [3.05, 3.63) is 57.8 Å². The van der Waals surface area contributed by atoms with E-state index in [0.717, 1.165) is 23.2 Å². The van der Waals surface area contributed by atoms with Gasteiger partial charge in [0.05, 0.1) is 5.56 Å². The second-order valence-corrected chi connectivity index (χ2v) is 4.96. The molecule has 0 amide bonds. The van der Waals surface area contributed by atoms with Crippen LogP contribution in [0.25, 0.3) is 0 Å². The van der Waals surface area contributed by atoms with Crippen LogP contribution >= 0.6 is 0 Å². The highest BCUT2D eigenvalue weighted by Gasteiger charge is 2.34. The Morgan fingerprint density at radius 1 is 1.44 bits per heavy atom. The molecule has 0 saturated carbocycles. The predicted molar refractivity (Wildman–Crippen MR) is 76.1 cm³/mol. The Balaban J connectivity index is 2.50. The zero-order valence-electron chi connectivity index (χ0n) is 12.8. The number of aliphatic hydroxyl groups is 1. The van der Waals surface area contributed by atoms with Crippen molar-refractivity contribution < 1.29 is 32.3 Å². The molecule has 1 aromatic heterocycles. The van der Waals surface area contributed by atoms with Crippen molar-refractivity contribution in [2.75, 3.05) is 6.61 Å². The fraction of sp³-hybridized carbons (Fsp3) is 0.357. The molecule has 0 aliphatic heterocycles. The molecule has 1 unspecified atom stereocenters. The molecule has 0 saturated heterocycles. The van der Waals surface area contributed by atoms with Crippen LogP contribution in [0.5, 0.6) is 0 Å². The molecule has 2 atom stereocenters. The third-order valence-corrected chi connectivity index (χ3v) is 3.35. The summed E-state index contributed by atoms with van der Waals surface area (Å²) in [7, 11) is 0. The first-order valence-electron chi connectivity index (χ1n) is 6.99. The van der Waals surface area contributed by atoms with Gasteiger partial charge in [0.2, 0.25) is 6.33 Å². The van der Waals surface area contributed by atoms with Crippen LogP contribution in [0, 0.1) is 15.9 Å². The fourth-order valence-corrected chi connectivity index (χ4v) is 2.24. The molecule has 0 bridgehead atoms. The van der Waals surface area contributed by atoms with Crippen molar-refractivity contribution in [1.82, 2.24) is 9.55 Å². The Morgan fingerprint density at radius 3 is 2.60 bits per heavy atom. The standard InChI is InChI=1S/C14H13F4N3O4/c1-2-25-13(22)12(20-6-11(19-7-20)21(23)24)9-4-3-8(5-10(9)15)14(16,17)18/h3-7,12-13,22H,2H2,1H3/t12?,13-/m1/s1. The van der Waals surface area contributed by atoms with Gasteiger partial charge >= 0.3 is 12.0 Å². The van der Waals surface area contributed by atoms with Crippen molar-refractivity contribution in [3.8, 4) is 0 Å². The largest absolute Gasteiger partial charge is 0.416 e. The quantitative estimate of drug-likeness (QED) is 0.369. The van der Waals surface area contributed by atoms with Gasteiger partial charge in [-0.15, -0.1) is 0 Å². The number of nitro groups is 1. The number of rotatable bonds is 6. The van der Waals surface area contributed by atoms with E-state index in [1.807, 2.05) is 0 Å². The van der Waals surface area contributed by atoms with E-state index in [2.05, 4.69) is 4.98 Å². The van der Waals surface area contributed by atoms with Crippen LogP contribution in [-0.2, 0) is 10.9 Å². The van der Waals surface area contributed by atoms with Crippen molar-refractivity contribution >= 4 is 5.82 Å². The van der Waals surface area contributed by atoms with Crippen molar-refractivity contribution in [3.63, 3.8) is 0 Å². The Labute approximate surface area is 138 Å². The summed E-state index contributed by atoms with van der Waals surface area (Å²) in [5.41, 5.74) is -1.53. The van der Waals surface area contributed by atoms with E-state index in [9.17, 15) is 32.8 Å². The van der Waals surface area contributed by atoms with Gasteiger partial charge in [-0.2, -0.15) is 13.2 Å². The minimum Gasteiger partial charge on any atom is -0.366 e. The summed E-state index contributed by atoms with van der Waals surface area (Å²) in [5, 5.41) is 20.8. The normalized spacial score (nSPS) is 14.3. The molecule has 136 valence electrons. The molecule has 0 spiro atoms. The Bertz CT molecular complexity index is 763. The SMILES string of the molecule is CCO[C@@H](O)C(c1ccc(C(F)(F)F)cc1F)n1cnc([N+](=O)[O-])c1. The molecular formula is C14H13F4N3O4. The second kappa shape index (κ2) is 7.15. The van der Waals surface area contributed by atoms with Crippen molar-refractivity contribution in [2.45, 2.75) is 25.4 Å². The Hall–Kier alpha value is -2.53. The van der Waals surface area contributed by atoms with E-state index in [0.29, 0.717) is 6.07 Å². The van der Waals surface area contributed by atoms with Gasteiger partial charge < -0.3 is 20.0 Å². The van der Waals surface area contributed by atoms with Crippen LogP contribution in [-0.4, -0.2) is 32.5 Å². The maximum absolute atomic E-state index is 14.2. The third-order valence-electron chi connectivity index (χ3n) is 3.35. The lowest BCUT2D eigenvalue weighted by Gasteiger charge is -2.24. The number of alkyl halides is 3. The molecule has 7 nitrogen and oxygen atoms in total. The van der Waals surface area contributed by atoms with Crippen LogP contribution in [0.1, 0.15) is 24.1 Å². The van der Waals surface area contributed by atoms with Gasteiger partial charge in [-0.3, -0.25) is 4.57 Å². The highest BCUT2D eigenvalue weighted by molar-refractivity contribution is 5.30. The van der Waals surface area contributed by atoms with Gasteiger partial charge in [0, 0.05) is 12.2 Å². The van der Waals surface area contributed by atoms with Crippen LogP contribution < -0.4 is 0 Å². The number of halogens is 4. The molecule has 0 aliphatic rings. The van der Waals surface area contributed by atoms with Crippen LogP contribution in [0.3, 0.4) is 0 Å². The Morgan fingerprint density at radius 2 is 2.12 bits per heavy atom. The summed E-state index contributed by atoms with van der Waals surface area (Å²) in [6.07, 6.45) is -4.52. The summed E-state index contributed by atoms with van der Waals surface area (Å²) < 4.78 is 58.2. The van der Waals surface area contributed by atoms with E-state index >= 15 is 0 Å². The van der Waals surface area contributed by atoms with E-state index in [4.69, 9.17) is 4.74 Å². The highest BCUT2D eigenvalue weighted by atomic mass is 19.4. The number of nitrogens with zero attached hydrogens (tertiary/aromatic N) is 3. The highest BCUT2D eigenvalue weighted by Crippen LogP contribution is 2.33. The van der Waals surface area contributed by atoms with E-state index in [1.54, 1.807) is 6.92 Å². The Kier molecular flexibility index (Phi) is 5.38. The topological polar surface area (TPSA) is 90.4 Å². The second-order valence-electron chi connectivity index (χ2n) is 4.96. The zero-order valence-corrected chi connectivity index (χ0v) is 12.8. The maximum Gasteiger partial charge on any atom is 0.416 e. The first kappa shape index (κ1) is 18.8. The van der Waals surface area contributed by atoms with E-state index < -0.39 is 40.6 Å². The molecule has 2 rings (SSSR count). The summed E-state index contributed by atoms with van der Waals surface area (Å²) >= 11 is 0.